The van der Waals surface area contributed by atoms with Gasteiger partial charge in [-0.2, -0.15) is 0 Å². The van der Waals surface area contributed by atoms with E-state index in [1.807, 2.05) is 7.11 Å². The Morgan fingerprint density at radius 2 is 1.29 bits per heavy atom. The van der Waals surface area contributed by atoms with Gasteiger partial charge < -0.3 is 4.74 Å². The molecule has 3 fully saturated rings. The second-order valence-electron chi connectivity index (χ2n) is 9.38. The molecule has 2 unspecified atom stereocenters. The second kappa shape index (κ2) is 9.60. The van der Waals surface area contributed by atoms with E-state index >= 15 is 0 Å². The number of hydrogen-bond donors (Lipinski definition) is 0. The van der Waals surface area contributed by atoms with Crippen molar-refractivity contribution < 1.29 is 4.74 Å². The van der Waals surface area contributed by atoms with Gasteiger partial charge in [0.1, 0.15) is 0 Å². The first-order chi connectivity index (χ1) is 11.8. The third-order valence-electron chi connectivity index (χ3n) is 8.01. The van der Waals surface area contributed by atoms with Gasteiger partial charge in [0.05, 0.1) is 6.10 Å². The van der Waals surface area contributed by atoms with E-state index < -0.39 is 0 Å². The highest BCUT2D eigenvalue weighted by atomic mass is 16.5. The van der Waals surface area contributed by atoms with Crippen molar-refractivity contribution >= 4 is 0 Å². The largest absolute Gasteiger partial charge is 0.381 e. The van der Waals surface area contributed by atoms with Crippen molar-refractivity contribution in [3.63, 3.8) is 0 Å². The molecule has 0 aliphatic heterocycles. The molecule has 1 nitrogen and oxygen atoms in total. The van der Waals surface area contributed by atoms with E-state index in [0.717, 1.165) is 29.6 Å². The molecule has 0 aromatic rings. The number of hydrogen-bond acceptors (Lipinski definition) is 1. The molecule has 2 atom stereocenters. The van der Waals surface area contributed by atoms with Crippen LogP contribution in [0.4, 0.5) is 0 Å². The average Bonchev–Trinajstić information content (AvgIpc) is 2.67. The van der Waals surface area contributed by atoms with Crippen LogP contribution in [0.3, 0.4) is 0 Å². The summed E-state index contributed by atoms with van der Waals surface area (Å²) < 4.78 is 5.67. The summed E-state index contributed by atoms with van der Waals surface area (Å²) in [6, 6.07) is 0. The summed E-state index contributed by atoms with van der Waals surface area (Å²) in [5, 5.41) is 0. The molecule has 0 saturated heterocycles. The van der Waals surface area contributed by atoms with Crippen LogP contribution in [0, 0.1) is 29.6 Å². The maximum atomic E-state index is 5.67. The first-order valence-corrected chi connectivity index (χ1v) is 11.3. The summed E-state index contributed by atoms with van der Waals surface area (Å²) in [5.74, 6) is 5.25. The number of methoxy groups -OCH3 is 1. The number of ether oxygens (including phenoxy) is 1. The molecule has 0 amide bonds. The lowest BCUT2D eigenvalue weighted by atomic mass is 9.65. The van der Waals surface area contributed by atoms with E-state index in [1.165, 1.54) is 57.8 Å². The van der Waals surface area contributed by atoms with Crippen molar-refractivity contribution in [2.24, 2.45) is 29.6 Å². The smallest absolute Gasteiger partial charge is 0.0574 e. The molecule has 0 spiro atoms. The predicted molar refractivity (Wildman–Crippen MR) is 103 cm³/mol. The van der Waals surface area contributed by atoms with E-state index in [0.29, 0.717) is 6.10 Å². The van der Waals surface area contributed by atoms with Crippen molar-refractivity contribution in [1.29, 1.82) is 0 Å². The Hall–Kier alpha value is -0.0400. The SMILES string of the molecule is CCCCC1CCC(C2CCC(C3CCCC(OC)C3)CC2)CC1. The molecule has 0 heterocycles. The molecule has 1 heteroatoms. The van der Waals surface area contributed by atoms with Crippen LogP contribution < -0.4 is 0 Å². The lowest BCUT2D eigenvalue weighted by molar-refractivity contribution is 0.0246. The van der Waals surface area contributed by atoms with Gasteiger partial charge in [-0.15, -0.1) is 0 Å². The summed E-state index contributed by atoms with van der Waals surface area (Å²) in [7, 11) is 1.92. The minimum Gasteiger partial charge on any atom is -0.381 e. The fourth-order valence-electron chi connectivity index (χ4n) is 6.35. The van der Waals surface area contributed by atoms with Crippen LogP contribution in [0.25, 0.3) is 0 Å². The van der Waals surface area contributed by atoms with E-state index in [-0.39, 0.29) is 0 Å². The summed E-state index contributed by atoms with van der Waals surface area (Å²) in [4.78, 5) is 0. The molecular formula is C23H42O. The molecule has 0 radical (unpaired) electrons. The Kier molecular flexibility index (Phi) is 7.50. The average molecular weight is 335 g/mol. The van der Waals surface area contributed by atoms with Crippen molar-refractivity contribution in [2.75, 3.05) is 7.11 Å². The first-order valence-electron chi connectivity index (χ1n) is 11.3. The van der Waals surface area contributed by atoms with Gasteiger partial charge in [-0.25, -0.2) is 0 Å². The quantitative estimate of drug-likeness (QED) is 0.508. The van der Waals surface area contributed by atoms with Crippen LogP contribution in [-0.2, 0) is 4.74 Å². The normalized spacial score (nSPS) is 41.2. The van der Waals surface area contributed by atoms with Crippen LogP contribution in [0.5, 0.6) is 0 Å². The Labute approximate surface area is 151 Å². The van der Waals surface area contributed by atoms with E-state index in [9.17, 15) is 0 Å². The molecule has 0 N–H and O–H groups in total. The fraction of sp³-hybridized carbons (Fsp3) is 1.00. The van der Waals surface area contributed by atoms with Crippen molar-refractivity contribution in [2.45, 2.75) is 109 Å². The van der Waals surface area contributed by atoms with Gasteiger partial charge in [-0.05, 0) is 87.4 Å². The highest BCUT2D eigenvalue weighted by molar-refractivity contribution is 4.86. The summed E-state index contributed by atoms with van der Waals surface area (Å²) in [5.41, 5.74) is 0. The standard InChI is InChI=1S/C23H42O/c1-3-4-6-18-9-11-19(12-10-18)20-13-15-21(16-14-20)22-7-5-8-23(17-22)24-2/h18-23H,3-17H2,1-2H3. The fourth-order valence-corrected chi connectivity index (χ4v) is 6.35. The van der Waals surface area contributed by atoms with Crippen molar-refractivity contribution in [1.82, 2.24) is 0 Å². The van der Waals surface area contributed by atoms with Crippen LogP contribution in [0.1, 0.15) is 103 Å². The predicted octanol–water partition coefficient (Wildman–Crippen LogP) is 6.99. The summed E-state index contributed by atoms with van der Waals surface area (Å²) in [6.45, 7) is 2.34. The van der Waals surface area contributed by atoms with Crippen molar-refractivity contribution in [3.8, 4) is 0 Å². The Morgan fingerprint density at radius 1 is 0.708 bits per heavy atom. The molecule has 3 aliphatic rings. The van der Waals surface area contributed by atoms with Crippen LogP contribution in [0.15, 0.2) is 0 Å². The molecule has 0 aromatic heterocycles. The minimum atomic E-state index is 0.569. The second-order valence-corrected chi connectivity index (χ2v) is 9.38. The van der Waals surface area contributed by atoms with Crippen molar-refractivity contribution in [3.05, 3.63) is 0 Å². The van der Waals surface area contributed by atoms with E-state index in [1.54, 1.807) is 38.5 Å². The molecule has 140 valence electrons. The van der Waals surface area contributed by atoms with Gasteiger partial charge in [0.15, 0.2) is 0 Å². The van der Waals surface area contributed by atoms with Crippen LogP contribution in [0.2, 0.25) is 0 Å². The van der Waals surface area contributed by atoms with Gasteiger partial charge >= 0.3 is 0 Å². The first kappa shape index (κ1) is 18.7. The maximum Gasteiger partial charge on any atom is 0.0574 e. The van der Waals surface area contributed by atoms with E-state index in [2.05, 4.69) is 6.92 Å². The summed E-state index contributed by atoms with van der Waals surface area (Å²) >= 11 is 0. The zero-order chi connectivity index (χ0) is 16.8. The van der Waals surface area contributed by atoms with Gasteiger partial charge in [0, 0.05) is 7.11 Å². The molecule has 3 rings (SSSR count). The lowest BCUT2D eigenvalue weighted by Gasteiger charge is -2.41. The van der Waals surface area contributed by atoms with Crippen LogP contribution in [-0.4, -0.2) is 13.2 Å². The third-order valence-corrected chi connectivity index (χ3v) is 8.01. The van der Waals surface area contributed by atoms with Gasteiger partial charge in [-0.3, -0.25) is 0 Å². The Bertz CT molecular complexity index is 336. The minimum absolute atomic E-state index is 0.569. The monoisotopic (exact) mass is 334 g/mol. The zero-order valence-electron chi connectivity index (χ0n) is 16.5. The van der Waals surface area contributed by atoms with Gasteiger partial charge in [0.25, 0.3) is 0 Å². The maximum absolute atomic E-state index is 5.67. The molecule has 3 saturated carbocycles. The number of rotatable bonds is 6. The number of unbranched alkanes of at least 4 members (excludes halogenated alkanes) is 1. The molecule has 3 aliphatic carbocycles. The highest BCUT2D eigenvalue weighted by Crippen LogP contribution is 2.45. The molecule has 0 bridgehead atoms. The van der Waals surface area contributed by atoms with E-state index in [4.69, 9.17) is 4.74 Å². The van der Waals surface area contributed by atoms with Crippen LogP contribution >= 0.6 is 0 Å². The highest BCUT2D eigenvalue weighted by Gasteiger charge is 2.34. The topological polar surface area (TPSA) is 9.23 Å². The molecule has 0 aromatic carbocycles. The summed E-state index contributed by atoms with van der Waals surface area (Å²) in [6.07, 6.45) is 22.8. The lowest BCUT2D eigenvalue weighted by Crippen LogP contribution is -2.31. The zero-order valence-corrected chi connectivity index (χ0v) is 16.5. The third kappa shape index (κ3) is 4.99. The Balaban J connectivity index is 1.38. The Morgan fingerprint density at radius 3 is 1.88 bits per heavy atom. The van der Waals surface area contributed by atoms with Gasteiger partial charge in [-0.1, -0.05) is 45.4 Å². The molecular weight excluding hydrogens is 292 g/mol. The molecule has 24 heavy (non-hydrogen) atoms. The van der Waals surface area contributed by atoms with Gasteiger partial charge in [0.2, 0.25) is 0 Å².